The summed E-state index contributed by atoms with van der Waals surface area (Å²) >= 11 is 0. The maximum absolute atomic E-state index is 12.4. The van der Waals surface area contributed by atoms with Crippen molar-refractivity contribution in [1.29, 1.82) is 0 Å². The average Bonchev–Trinajstić information content (AvgIpc) is 3.15. The standard InChI is InChI=1S/2C23H36O7.Mg.2Na.2O/c2*1-4-13(2)23(29)30-20-11-17(25)9-15-6-5-14(3)19(22(15)20)8-7-16(24)10-18(26)12-21(27)28;;;;;/h2*5-6,9,13-14,16-20,22,24-26H,4,7-8,10-12H2,1-3H3,(H,27,28);;;;;/q;;+2;2*+1;2*-2/t2*13-,14-,16+,17+,18+,19-,20-,22-;;;;;/m00...../s1. The number of carbonyl (C=O) groups is 4. The van der Waals surface area contributed by atoms with Crippen LogP contribution in [0.4, 0.5) is 0 Å². The smallest absolute Gasteiger partial charge is 2.00 e. The zero-order valence-corrected chi connectivity index (χ0v) is 45.2. The van der Waals surface area contributed by atoms with Crippen LogP contribution in [0.25, 0.3) is 0 Å². The van der Waals surface area contributed by atoms with Gasteiger partial charge in [0.1, 0.15) is 12.2 Å². The molecular formula is C46H72MgNa2O16. The van der Waals surface area contributed by atoms with Crippen LogP contribution in [0.3, 0.4) is 0 Å². The van der Waals surface area contributed by atoms with Gasteiger partial charge in [-0.25, -0.2) is 0 Å². The number of carbonyl (C=O) groups excluding carboxylic acids is 2. The van der Waals surface area contributed by atoms with Crippen LogP contribution in [0.2, 0.25) is 0 Å². The molecule has 8 N–H and O–H groups in total. The van der Waals surface area contributed by atoms with Crippen molar-refractivity contribution in [2.75, 3.05) is 0 Å². The van der Waals surface area contributed by atoms with Gasteiger partial charge in [-0.15, -0.1) is 0 Å². The molecule has 0 aromatic rings. The van der Waals surface area contributed by atoms with E-state index in [1.807, 2.05) is 52.0 Å². The number of fused-ring (bicyclic) bond motifs is 2. The minimum absolute atomic E-state index is 0. The number of aliphatic hydroxyl groups is 6. The van der Waals surface area contributed by atoms with Crippen molar-refractivity contribution < 1.29 is 140 Å². The molecular weight excluding hydrogens is 879 g/mol. The summed E-state index contributed by atoms with van der Waals surface area (Å²) in [7, 11) is 0. The predicted octanol–water partition coefficient (Wildman–Crippen LogP) is -1.73. The number of rotatable bonds is 20. The molecule has 65 heavy (non-hydrogen) atoms. The van der Waals surface area contributed by atoms with Crippen LogP contribution in [0.5, 0.6) is 0 Å². The summed E-state index contributed by atoms with van der Waals surface area (Å²) in [5, 5.41) is 78.1. The van der Waals surface area contributed by atoms with E-state index in [9.17, 15) is 49.8 Å². The van der Waals surface area contributed by atoms with Gasteiger partial charge in [0.15, 0.2) is 0 Å². The average molecular weight is 951 g/mol. The van der Waals surface area contributed by atoms with Crippen molar-refractivity contribution in [2.45, 2.75) is 167 Å². The summed E-state index contributed by atoms with van der Waals surface area (Å²) in [5.74, 6) is -2.62. The van der Waals surface area contributed by atoms with Gasteiger partial charge in [-0.05, 0) is 86.2 Å². The molecule has 0 saturated heterocycles. The molecule has 16 atom stereocenters. The number of carboxylic acids is 2. The minimum Gasteiger partial charge on any atom is -2.00 e. The Bertz CT molecular complexity index is 1450. The van der Waals surface area contributed by atoms with E-state index in [1.165, 1.54) is 0 Å². The first-order valence-corrected chi connectivity index (χ1v) is 22.0. The van der Waals surface area contributed by atoms with Crippen LogP contribution >= 0.6 is 0 Å². The largest absolute Gasteiger partial charge is 2.00 e. The Morgan fingerprint density at radius 1 is 0.631 bits per heavy atom. The Morgan fingerprint density at radius 3 is 1.25 bits per heavy atom. The third-order valence-electron chi connectivity index (χ3n) is 12.9. The molecule has 0 heterocycles. The third-order valence-corrected chi connectivity index (χ3v) is 12.9. The Morgan fingerprint density at radius 2 is 0.954 bits per heavy atom. The Kier molecular flexibility index (Phi) is 35.6. The first-order chi connectivity index (χ1) is 28.2. The van der Waals surface area contributed by atoms with E-state index < -0.39 is 60.8 Å². The Hall–Kier alpha value is -0.714. The molecule has 0 spiro atoms. The monoisotopic (exact) mass is 950 g/mol. The Balaban J connectivity index is -0.00000110. The zero-order chi connectivity index (χ0) is 44.8. The number of ether oxygens (including phenoxy) is 2. The summed E-state index contributed by atoms with van der Waals surface area (Å²) in [6.07, 6.45) is 9.28. The van der Waals surface area contributed by atoms with Crippen LogP contribution in [-0.2, 0) is 39.6 Å². The zero-order valence-electron chi connectivity index (χ0n) is 39.7. The number of hydrogen-bond acceptors (Lipinski definition) is 12. The number of carboxylic acid groups (broad SMARTS) is 2. The fourth-order valence-electron chi connectivity index (χ4n) is 9.04. The predicted molar refractivity (Wildman–Crippen MR) is 230 cm³/mol. The van der Waals surface area contributed by atoms with E-state index in [0.717, 1.165) is 11.1 Å². The van der Waals surface area contributed by atoms with E-state index >= 15 is 0 Å². The number of esters is 2. The van der Waals surface area contributed by atoms with E-state index in [4.69, 9.17) is 19.7 Å². The molecule has 0 amide bonds. The van der Waals surface area contributed by atoms with Crippen molar-refractivity contribution in [3.63, 3.8) is 0 Å². The molecule has 0 radical (unpaired) electrons. The van der Waals surface area contributed by atoms with E-state index in [1.54, 1.807) is 0 Å². The fourth-order valence-corrected chi connectivity index (χ4v) is 9.04. The third kappa shape index (κ3) is 22.3. The SMILES string of the molecule is CC[C@H](C)C(=O)O[C@H]1C[C@H](O)C=C2C=C[C@H](C)[C@H](CC[C@@H](O)C[C@@H](O)CC(=O)O)[C@H]21.CC[C@H](C)C(=O)O[C@H]1C[C@H](O)C=C2C=C[C@H](C)[C@H](CC[C@@H](O)C[C@@H](O)CC(=O)O)[C@H]21.[Mg+2].[Na+].[Na+].[O-2].[O-2]. The molecule has 19 heteroatoms. The fraction of sp³-hybridized carbons (Fsp3) is 0.739. The van der Waals surface area contributed by atoms with Gasteiger partial charge in [0.25, 0.3) is 0 Å². The van der Waals surface area contributed by atoms with Gasteiger partial charge in [-0.3, -0.25) is 19.2 Å². The second-order valence-corrected chi connectivity index (χ2v) is 17.8. The quantitative estimate of drug-likeness (QED) is 0.0497. The number of aliphatic carboxylic acids is 2. The first-order valence-electron chi connectivity index (χ1n) is 22.0. The number of allylic oxidation sites excluding steroid dienone is 4. The van der Waals surface area contributed by atoms with Gasteiger partial charge in [0.2, 0.25) is 0 Å². The van der Waals surface area contributed by atoms with Crippen LogP contribution in [0.1, 0.15) is 119 Å². The van der Waals surface area contributed by atoms with Crippen molar-refractivity contribution in [3.8, 4) is 0 Å². The summed E-state index contributed by atoms with van der Waals surface area (Å²) < 4.78 is 11.7. The molecule has 0 saturated carbocycles. The summed E-state index contributed by atoms with van der Waals surface area (Å²) in [5.41, 5.74) is 1.92. The minimum atomic E-state index is -1.10. The molecule has 4 rings (SSSR count). The van der Waals surface area contributed by atoms with Gasteiger partial charge < -0.3 is 61.3 Å². The van der Waals surface area contributed by atoms with Gasteiger partial charge in [0.05, 0.1) is 61.3 Å². The van der Waals surface area contributed by atoms with Gasteiger partial charge in [-0.2, -0.15) is 0 Å². The Labute approximate surface area is 445 Å². The molecule has 16 nitrogen and oxygen atoms in total. The van der Waals surface area contributed by atoms with Gasteiger partial charge in [-0.1, -0.05) is 78.0 Å². The van der Waals surface area contributed by atoms with E-state index in [0.29, 0.717) is 51.4 Å². The molecule has 0 bridgehead atoms. The van der Waals surface area contributed by atoms with Gasteiger partial charge >= 0.3 is 106 Å². The second-order valence-electron chi connectivity index (χ2n) is 17.8. The molecule has 0 unspecified atom stereocenters. The molecule has 4 aliphatic rings. The van der Waals surface area contributed by atoms with Crippen molar-refractivity contribution in [3.05, 3.63) is 47.6 Å². The number of aliphatic hydroxyl groups excluding tert-OH is 6. The maximum Gasteiger partial charge on any atom is 2.00 e. The van der Waals surface area contributed by atoms with Crippen LogP contribution in [0.15, 0.2) is 47.6 Å². The van der Waals surface area contributed by atoms with Crippen LogP contribution in [-0.4, -0.2) is 137 Å². The van der Waals surface area contributed by atoms with Crippen molar-refractivity contribution in [1.82, 2.24) is 0 Å². The molecule has 0 aromatic heterocycles. The summed E-state index contributed by atoms with van der Waals surface area (Å²) in [6.45, 7) is 11.7. The summed E-state index contributed by atoms with van der Waals surface area (Å²) in [6, 6.07) is 0. The number of hydrogen-bond donors (Lipinski definition) is 8. The maximum atomic E-state index is 12.4. The van der Waals surface area contributed by atoms with Gasteiger partial charge in [0, 0.05) is 24.7 Å². The molecule has 4 aliphatic carbocycles. The molecule has 0 aliphatic heterocycles. The second kappa shape index (κ2) is 33.8. The van der Waals surface area contributed by atoms with Crippen LogP contribution in [0, 0.1) is 47.3 Å². The van der Waals surface area contributed by atoms with Crippen LogP contribution < -0.4 is 59.1 Å². The molecule has 0 aromatic carbocycles. The topological polar surface area (TPSA) is 306 Å². The van der Waals surface area contributed by atoms with Crippen molar-refractivity contribution in [2.24, 2.45) is 47.3 Å². The summed E-state index contributed by atoms with van der Waals surface area (Å²) in [4.78, 5) is 46.3. The normalized spacial score (nSPS) is 28.9. The molecule has 356 valence electrons. The first kappa shape index (κ1) is 68.6. The van der Waals surface area contributed by atoms with E-state index in [-0.39, 0.29) is 178 Å². The molecule has 0 fully saturated rings. The van der Waals surface area contributed by atoms with Crippen molar-refractivity contribution >= 4 is 46.9 Å². The van der Waals surface area contributed by atoms with E-state index in [2.05, 4.69) is 26.0 Å².